The van der Waals surface area contributed by atoms with Crippen LogP contribution in [0.15, 0.2) is 66.0 Å². The number of pyridine rings is 1. The van der Waals surface area contributed by atoms with Crippen LogP contribution in [0.2, 0.25) is 5.02 Å². The van der Waals surface area contributed by atoms with Gasteiger partial charge in [-0.15, -0.1) is 0 Å². The summed E-state index contributed by atoms with van der Waals surface area (Å²) in [6.07, 6.45) is 6.20. The summed E-state index contributed by atoms with van der Waals surface area (Å²) in [4.78, 5) is 21.7. The Morgan fingerprint density at radius 3 is 2.68 bits per heavy atom. The lowest BCUT2D eigenvalue weighted by Gasteiger charge is -2.12. The van der Waals surface area contributed by atoms with Gasteiger partial charge in [0.25, 0.3) is 5.91 Å². The number of nitrogens with one attached hydrogen (secondary N) is 1. The van der Waals surface area contributed by atoms with Crippen LogP contribution in [0, 0.1) is 5.82 Å². The van der Waals surface area contributed by atoms with Crippen LogP contribution in [-0.2, 0) is 12.3 Å². The molecule has 2 aromatic carbocycles. The van der Waals surface area contributed by atoms with Gasteiger partial charge < -0.3 is 5.32 Å². The lowest BCUT2D eigenvalue weighted by molar-refractivity contribution is 0.0938. The predicted molar refractivity (Wildman–Crippen MR) is 134 cm³/mol. The van der Waals surface area contributed by atoms with Crippen molar-refractivity contribution < 1.29 is 9.18 Å². The van der Waals surface area contributed by atoms with Crippen molar-refractivity contribution in [3.05, 3.63) is 88.3 Å². The highest BCUT2D eigenvalue weighted by atomic mass is 35.5. The molecule has 2 aromatic heterocycles. The van der Waals surface area contributed by atoms with Crippen LogP contribution in [0.4, 0.5) is 4.39 Å². The second-order valence-electron chi connectivity index (χ2n) is 8.47. The van der Waals surface area contributed by atoms with Crippen LogP contribution < -0.4 is 5.32 Å². The summed E-state index contributed by atoms with van der Waals surface area (Å²) in [7, 11) is 0. The minimum atomic E-state index is -0.354. The molecule has 34 heavy (non-hydrogen) atoms. The van der Waals surface area contributed by atoms with Crippen molar-refractivity contribution in [2.45, 2.75) is 49.2 Å². The van der Waals surface area contributed by atoms with E-state index in [1.807, 2.05) is 41.0 Å². The molecular weight excluding hydrogens is 471 g/mol. The summed E-state index contributed by atoms with van der Waals surface area (Å²) >= 11 is 7.83. The van der Waals surface area contributed by atoms with E-state index < -0.39 is 0 Å². The van der Waals surface area contributed by atoms with E-state index in [1.165, 1.54) is 18.9 Å². The Bertz CT molecular complexity index is 1300. The molecule has 0 unspecified atom stereocenters. The standard InChI is InChI=1S/C26H24ClFN4OS/c27-21-7-3-8-22(28)20(21)15-32-24-23(9-4-14-29-24)31-26(32)34-16-17-10-12-18(13-11-17)25(33)30-19-5-1-2-6-19/h3-4,7-14,19H,1-2,5-6,15-16H2,(H,30,33). The van der Waals surface area contributed by atoms with Gasteiger partial charge in [0.05, 0.1) is 6.54 Å². The summed E-state index contributed by atoms with van der Waals surface area (Å²) in [5.41, 5.74) is 3.58. The number of carbonyl (C=O) groups excluding carboxylic acids is 1. The van der Waals surface area contributed by atoms with Crippen molar-refractivity contribution in [3.63, 3.8) is 0 Å². The third kappa shape index (κ3) is 4.95. The lowest BCUT2D eigenvalue weighted by atomic mass is 10.1. The second kappa shape index (κ2) is 10.2. The molecule has 1 aliphatic rings. The Morgan fingerprint density at radius 2 is 1.91 bits per heavy atom. The number of rotatable bonds is 7. The molecule has 2 heterocycles. The largest absolute Gasteiger partial charge is 0.349 e. The zero-order chi connectivity index (χ0) is 23.5. The zero-order valence-corrected chi connectivity index (χ0v) is 20.1. The van der Waals surface area contributed by atoms with E-state index in [-0.39, 0.29) is 18.3 Å². The lowest BCUT2D eigenvalue weighted by Crippen LogP contribution is -2.32. The number of imidazole rings is 1. The van der Waals surface area contributed by atoms with Crippen molar-refractivity contribution in [3.8, 4) is 0 Å². The first-order chi connectivity index (χ1) is 16.6. The number of benzene rings is 2. The predicted octanol–water partition coefficient (Wildman–Crippen LogP) is 6.24. The van der Waals surface area contributed by atoms with E-state index in [1.54, 1.807) is 30.1 Å². The molecule has 0 atom stereocenters. The molecule has 1 aliphatic carbocycles. The van der Waals surface area contributed by atoms with E-state index in [0.29, 0.717) is 33.6 Å². The molecule has 0 aliphatic heterocycles. The van der Waals surface area contributed by atoms with Crippen molar-refractivity contribution >= 4 is 40.4 Å². The maximum atomic E-state index is 14.5. The Morgan fingerprint density at radius 1 is 1.12 bits per heavy atom. The van der Waals surface area contributed by atoms with Gasteiger partial charge in [0.15, 0.2) is 10.8 Å². The Hall–Kier alpha value is -2.90. The van der Waals surface area contributed by atoms with Crippen LogP contribution in [0.5, 0.6) is 0 Å². The van der Waals surface area contributed by atoms with Crippen molar-refractivity contribution in [1.82, 2.24) is 19.9 Å². The maximum Gasteiger partial charge on any atom is 0.251 e. The molecule has 5 rings (SSSR count). The monoisotopic (exact) mass is 494 g/mol. The number of hydrogen-bond donors (Lipinski definition) is 1. The number of thioether (sulfide) groups is 1. The third-order valence-electron chi connectivity index (χ3n) is 6.12. The van der Waals surface area contributed by atoms with Gasteiger partial charge in [-0.25, -0.2) is 14.4 Å². The summed E-state index contributed by atoms with van der Waals surface area (Å²) in [6.45, 7) is 0.238. The number of fused-ring (bicyclic) bond motifs is 1. The normalized spacial score (nSPS) is 14.1. The van der Waals surface area contributed by atoms with Crippen LogP contribution in [-0.4, -0.2) is 26.5 Å². The molecule has 1 fully saturated rings. The van der Waals surface area contributed by atoms with Crippen LogP contribution >= 0.6 is 23.4 Å². The van der Waals surface area contributed by atoms with E-state index >= 15 is 0 Å². The molecule has 0 saturated heterocycles. The Labute approximate surface area is 206 Å². The molecule has 0 bridgehead atoms. The molecule has 174 valence electrons. The first-order valence-corrected chi connectivity index (χ1v) is 12.7. The van der Waals surface area contributed by atoms with Gasteiger partial charge >= 0.3 is 0 Å². The van der Waals surface area contributed by atoms with E-state index in [4.69, 9.17) is 16.6 Å². The topological polar surface area (TPSA) is 59.8 Å². The fourth-order valence-corrected chi connectivity index (χ4v) is 5.45. The first kappa shape index (κ1) is 22.9. The number of amides is 1. The second-order valence-corrected chi connectivity index (χ2v) is 9.82. The molecule has 0 spiro atoms. The third-order valence-corrected chi connectivity index (χ3v) is 7.52. The quantitative estimate of drug-likeness (QED) is 0.309. The number of nitrogens with zero attached hydrogens (tertiary/aromatic N) is 3. The smallest absolute Gasteiger partial charge is 0.251 e. The number of halogens is 2. The Balaban J connectivity index is 1.33. The minimum Gasteiger partial charge on any atom is -0.349 e. The maximum absolute atomic E-state index is 14.5. The molecule has 5 nitrogen and oxygen atoms in total. The number of carbonyl (C=O) groups is 1. The summed E-state index contributed by atoms with van der Waals surface area (Å²) < 4.78 is 16.4. The van der Waals surface area contributed by atoms with E-state index in [0.717, 1.165) is 29.1 Å². The van der Waals surface area contributed by atoms with Crippen LogP contribution in [0.1, 0.15) is 47.2 Å². The number of hydrogen-bond acceptors (Lipinski definition) is 4. The van der Waals surface area contributed by atoms with E-state index in [2.05, 4.69) is 10.3 Å². The van der Waals surface area contributed by atoms with Gasteiger partial charge in [-0.05, 0) is 54.8 Å². The summed E-state index contributed by atoms with van der Waals surface area (Å²) in [5.74, 6) is 0.284. The average Bonchev–Trinajstić information content (AvgIpc) is 3.48. The highest BCUT2D eigenvalue weighted by Gasteiger charge is 2.19. The van der Waals surface area contributed by atoms with Gasteiger partial charge in [-0.3, -0.25) is 9.36 Å². The van der Waals surface area contributed by atoms with Crippen molar-refractivity contribution in [2.75, 3.05) is 0 Å². The molecule has 1 N–H and O–H groups in total. The van der Waals surface area contributed by atoms with Crippen molar-refractivity contribution in [1.29, 1.82) is 0 Å². The average molecular weight is 495 g/mol. The van der Waals surface area contributed by atoms with Gasteiger partial charge in [-0.1, -0.05) is 54.4 Å². The summed E-state index contributed by atoms with van der Waals surface area (Å²) in [6, 6.07) is 16.4. The minimum absolute atomic E-state index is 0.0132. The molecule has 1 saturated carbocycles. The van der Waals surface area contributed by atoms with Gasteiger partial charge in [0.1, 0.15) is 11.3 Å². The van der Waals surface area contributed by atoms with E-state index in [9.17, 15) is 9.18 Å². The first-order valence-electron chi connectivity index (χ1n) is 11.4. The highest BCUT2D eigenvalue weighted by Crippen LogP contribution is 2.29. The van der Waals surface area contributed by atoms with Crippen LogP contribution in [0.3, 0.4) is 0 Å². The molecule has 0 radical (unpaired) electrons. The summed E-state index contributed by atoms with van der Waals surface area (Å²) in [5, 5.41) is 4.23. The molecular formula is C26H24ClFN4OS. The van der Waals surface area contributed by atoms with Gasteiger partial charge in [-0.2, -0.15) is 0 Å². The van der Waals surface area contributed by atoms with Gasteiger partial charge in [0, 0.05) is 34.1 Å². The zero-order valence-electron chi connectivity index (χ0n) is 18.5. The van der Waals surface area contributed by atoms with Crippen molar-refractivity contribution in [2.24, 2.45) is 0 Å². The SMILES string of the molecule is O=C(NC1CCCC1)c1ccc(CSc2nc3cccnc3n2Cc2c(F)cccc2Cl)cc1. The fraction of sp³-hybridized carbons (Fsp3) is 0.269. The fourth-order valence-electron chi connectivity index (χ4n) is 4.27. The van der Waals surface area contributed by atoms with Crippen LogP contribution in [0.25, 0.3) is 11.2 Å². The molecule has 8 heteroatoms. The Kier molecular flexibility index (Phi) is 6.83. The number of aromatic nitrogens is 3. The molecule has 1 amide bonds. The molecule has 4 aromatic rings. The highest BCUT2D eigenvalue weighted by molar-refractivity contribution is 7.98. The van der Waals surface area contributed by atoms with Gasteiger partial charge in [0.2, 0.25) is 0 Å².